The SMILES string of the molecule is CC1C(=O)NC(=N)N1CCC[C@H](N)C(=O)O. The predicted molar refractivity (Wildman–Crippen MR) is 56.9 cm³/mol. The number of carbonyl (C=O) groups is 2. The van der Waals surface area contributed by atoms with Gasteiger partial charge in [0, 0.05) is 6.54 Å². The van der Waals surface area contributed by atoms with Crippen LogP contribution in [0.3, 0.4) is 0 Å². The van der Waals surface area contributed by atoms with E-state index >= 15 is 0 Å². The first kappa shape index (κ1) is 12.4. The van der Waals surface area contributed by atoms with Crippen LogP contribution >= 0.6 is 0 Å². The Morgan fingerprint density at radius 3 is 2.81 bits per heavy atom. The normalized spacial score (nSPS) is 22.1. The summed E-state index contributed by atoms with van der Waals surface area (Å²) in [6, 6.07) is -1.25. The molecule has 2 atom stereocenters. The lowest BCUT2D eigenvalue weighted by Gasteiger charge is -2.20. The zero-order valence-electron chi connectivity index (χ0n) is 9.06. The molecule has 0 radical (unpaired) electrons. The van der Waals surface area contributed by atoms with E-state index in [2.05, 4.69) is 5.32 Å². The molecule has 0 aliphatic carbocycles. The third-order valence-electron chi connectivity index (χ3n) is 2.61. The van der Waals surface area contributed by atoms with E-state index < -0.39 is 12.0 Å². The van der Waals surface area contributed by atoms with E-state index in [4.69, 9.17) is 16.2 Å². The number of aliphatic carboxylic acids is 1. The molecule has 1 aliphatic rings. The summed E-state index contributed by atoms with van der Waals surface area (Å²) < 4.78 is 0. The van der Waals surface area contributed by atoms with Crippen molar-refractivity contribution >= 4 is 17.8 Å². The largest absolute Gasteiger partial charge is 0.480 e. The molecule has 0 spiro atoms. The highest BCUT2D eigenvalue weighted by atomic mass is 16.4. The number of nitrogens with two attached hydrogens (primary N) is 1. The summed E-state index contributed by atoms with van der Waals surface area (Å²) >= 11 is 0. The average Bonchev–Trinajstić information content (AvgIpc) is 2.44. The first-order chi connectivity index (χ1) is 7.43. The molecule has 16 heavy (non-hydrogen) atoms. The number of carboxylic acid groups (broad SMARTS) is 1. The molecule has 1 unspecified atom stereocenters. The van der Waals surface area contributed by atoms with Gasteiger partial charge in [0.25, 0.3) is 0 Å². The van der Waals surface area contributed by atoms with E-state index in [0.717, 1.165) is 0 Å². The molecule has 1 rings (SSSR count). The van der Waals surface area contributed by atoms with Gasteiger partial charge in [0.1, 0.15) is 12.1 Å². The van der Waals surface area contributed by atoms with Crippen LogP contribution in [0.4, 0.5) is 0 Å². The molecule has 5 N–H and O–H groups in total. The van der Waals surface area contributed by atoms with Gasteiger partial charge < -0.3 is 15.7 Å². The minimum absolute atomic E-state index is 0.0707. The van der Waals surface area contributed by atoms with Crippen molar-refractivity contribution in [1.29, 1.82) is 5.41 Å². The number of hydrogen-bond donors (Lipinski definition) is 4. The minimum Gasteiger partial charge on any atom is -0.480 e. The van der Waals surface area contributed by atoms with Crippen molar-refractivity contribution in [2.45, 2.75) is 31.8 Å². The summed E-state index contributed by atoms with van der Waals surface area (Å²) in [7, 11) is 0. The number of rotatable bonds is 5. The molecule has 0 aromatic carbocycles. The standard InChI is InChI=1S/C9H16N4O3/c1-5-7(14)12-9(11)13(5)4-2-3-6(10)8(15)16/h5-6H,2-4,10H2,1H3,(H,15,16)(H2,11,12,14)/t5?,6-/m0/s1. The predicted octanol–water partition coefficient (Wildman–Crippen LogP) is -1.07. The molecule has 1 amide bonds. The molecule has 0 aromatic heterocycles. The van der Waals surface area contributed by atoms with E-state index in [-0.39, 0.29) is 17.9 Å². The van der Waals surface area contributed by atoms with Crippen LogP contribution in [0, 0.1) is 5.41 Å². The Bertz CT molecular complexity index is 318. The topological polar surface area (TPSA) is 120 Å². The summed E-state index contributed by atoms with van der Waals surface area (Å²) in [6.45, 7) is 2.16. The molecular formula is C9H16N4O3. The molecular weight excluding hydrogens is 212 g/mol. The monoisotopic (exact) mass is 228 g/mol. The van der Waals surface area contributed by atoms with Gasteiger partial charge in [-0.25, -0.2) is 0 Å². The third kappa shape index (κ3) is 2.69. The van der Waals surface area contributed by atoms with Gasteiger partial charge in [-0.1, -0.05) is 0 Å². The van der Waals surface area contributed by atoms with Gasteiger partial charge in [-0.15, -0.1) is 0 Å². The van der Waals surface area contributed by atoms with Gasteiger partial charge in [-0.05, 0) is 19.8 Å². The van der Waals surface area contributed by atoms with Crippen LogP contribution in [0.25, 0.3) is 0 Å². The first-order valence-electron chi connectivity index (χ1n) is 5.08. The highest BCUT2D eigenvalue weighted by Crippen LogP contribution is 2.09. The minimum atomic E-state index is -1.03. The fourth-order valence-electron chi connectivity index (χ4n) is 1.54. The number of carboxylic acids is 1. The molecule has 1 saturated heterocycles. The molecule has 0 aromatic rings. The average molecular weight is 228 g/mol. The number of hydrogen-bond acceptors (Lipinski definition) is 4. The van der Waals surface area contributed by atoms with Crippen LogP contribution in [-0.2, 0) is 9.59 Å². The summed E-state index contributed by atoms with van der Waals surface area (Å²) in [5.74, 6) is -1.16. The van der Waals surface area contributed by atoms with E-state index in [9.17, 15) is 9.59 Å². The number of nitrogens with one attached hydrogen (secondary N) is 2. The van der Waals surface area contributed by atoms with Crippen molar-refractivity contribution in [3.63, 3.8) is 0 Å². The van der Waals surface area contributed by atoms with Crippen LogP contribution in [0.15, 0.2) is 0 Å². The van der Waals surface area contributed by atoms with Crippen LogP contribution in [-0.4, -0.2) is 46.5 Å². The van der Waals surface area contributed by atoms with E-state index in [1.807, 2.05) is 0 Å². The number of guanidine groups is 1. The second kappa shape index (κ2) is 4.93. The number of amides is 1. The summed E-state index contributed by atoms with van der Waals surface area (Å²) in [5.41, 5.74) is 5.34. The Morgan fingerprint density at radius 2 is 2.38 bits per heavy atom. The number of nitrogens with zero attached hydrogens (tertiary/aromatic N) is 1. The van der Waals surface area contributed by atoms with Crippen LogP contribution in [0.2, 0.25) is 0 Å². The molecule has 0 saturated carbocycles. The van der Waals surface area contributed by atoms with Crippen LogP contribution in [0.5, 0.6) is 0 Å². The molecule has 90 valence electrons. The fourth-order valence-corrected chi connectivity index (χ4v) is 1.54. The highest BCUT2D eigenvalue weighted by Gasteiger charge is 2.31. The molecule has 1 heterocycles. The fraction of sp³-hybridized carbons (Fsp3) is 0.667. The highest BCUT2D eigenvalue weighted by molar-refractivity contribution is 6.04. The van der Waals surface area contributed by atoms with Gasteiger partial charge in [-0.3, -0.25) is 20.3 Å². The lowest BCUT2D eigenvalue weighted by Crippen LogP contribution is -2.36. The maximum atomic E-state index is 11.2. The first-order valence-corrected chi connectivity index (χ1v) is 5.08. The molecule has 1 fully saturated rings. The van der Waals surface area contributed by atoms with Gasteiger partial charge in [-0.2, -0.15) is 0 Å². The number of carbonyl (C=O) groups excluding carboxylic acids is 1. The lowest BCUT2D eigenvalue weighted by atomic mass is 10.1. The van der Waals surface area contributed by atoms with Gasteiger partial charge in [0.2, 0.25) is 5.91 Å². The molecule has 7 heteroatoms. The molecule has 1 aliphatic heterocycles. The van der Waals surface area contributed by atoms with E-state index in [1.54, 1.807) is 11.8 Å². The Balaban J connectivity index is 2.36. The lowest BCUT2D eigenvalue weighted by molar-refractivity contribution is -0.138. The van der Waals surface area contributed by atoms with Crippen LogP contribution in [0.1, 0.15) is 19.8 Å². The molecule has 0 bridgehead atoms. The second-order valence-corrected chi connectivity index (χ2v) is 3.79. The summed E-state index contributed by atoms with van der Waals surface area (Å²) in [5, 5.41) is 18.5. The van der Waals surface area contributed by atoms with Crippen LogP contribution < -0.4 is 11.1 Å². The zero-order valence-corrected chi connectivity index (χ0v) is 9.06. The summed E-state index contributed by atoms with van der Waals surface area (Å²) in [4.78, 5) is 23.2. The maximum absolute atomic E-state index is 11.2. The zero-order chi connectivity index (χ0) is 12.3. The van der Waals surface area contributed by atoms with Crippen molar-refractivity contribution in [2.24, 2.45) is 5.73 Å². The maximum Gasteiger partial charge on any atom is 0.320 e. The third-order valence-corrected chi connectivity index (χ3v) is 2.61. The Labute approximate surface area is 93.1 Å². The van der Waals surface area contributed by atoms with Crippen molar-refractivity contribution in [3.05, 3.63) is 0 Å². The quantitative estimate of drug-likeness (QED) is 0.478. The van der Waals surface area contributed by atoms with Crippen molar-refractivity contribution in [2.75, 3.05) is 6.54 Å². The van der Waals surface area contributed by atoms with Crippen molar-refractivity contribution in [1.82, 2.24) is 10.2 Å². The van der Waals surface area contributed by atoms with E-state index in [0.29, 0.717) is 19.4 Å². The Hall–Kier alpha value is -1.63. The second-order valence-electron chi connectivity index (χ2n) is 3.79. The Morgan fingerprint density at radius 1 is 1.75 bits per heavy atom. The van der Waals surface area contributed by atoms with Gasteiger partial charge in [0.05, 0.1) is 0 Å². The van der Waals surface area contributed by atoms with Crippen molar-refractivity contribution in [3.8, 4) is 0 Å². The van der Waals surface area contributed by atoms with Gasteiger partial charge >= 0.3 is 5.97 Å². The van der Waals surface area contributed by atoms with Gasteiger partial charge in [0.15, 0.2) is 5.96 Å². The summed E-state index contributed by atoms with van der Waals surface area (Å²) in [6.07, 6.45) is 0.870. The van der Waals surface area contributed by atoms with Crippen molar-refractivity contribution < 1.29 is 14.7 Å². The Kier molecular flexibility index (Phi) is 3.83. The smallest absolute Gasteiger partial charge is 0.320 e. The van der Waals surface area contributed by atoms with E-state index in [1.165, 1.54) is 0 Å². The molecule has 7 nitrogen and oxygen atoms in total.